The summed E-state index contributed by atoms with van der Waals surface area (Å²) in [5, 5.41) is 17.4. The molecule has 0 bridgehead atoms. The van der Waals surface area contributed by atoms with E-state index >= 15 is 0 Å². The third-order valence-corrected chi connectivity index (χ3v) is 3.32. The van der Waals surface area contributed by atoms with Gasteiger partial charge in [-0.15, -0.1) is 10.2 Å². The fourth-order valence-electron chi connectivity index (χ4n) is 2.42. The van der Waals surface area contributed by atoms with E-state index < -0.39 is 0 Å². The van der Waals surface area contributed by atoms with E-state index in [1.807, 2.05) is 6.07 Å². The number of rotatable bonds is 3. The van der Waals surface area contributed by atoms with E-state index in [9.17, 15) is 4.39 Å². The summed E-state index contributed by atoms with van der Waals surface area (Å²) in [5.74, 6) is 0.267. The first-order valence-corrected chi connectivity index (χ1v) is 6.29. The first kappa shape index (κ1) is 12.2. The lowest BCUT2D eigenvalue weighted by atomic mass is 10.0. The first-order chi connectivity index (χ1) is 9.36. The Morgan fingerprint density at radius 3 is 2.68 bits per heavy atom. The highest BCUT2D eigenvalue weighted by Crippen LogP contribution is 2.27. The van der Waals surface area contributed by atoms with Crippen LogP contribution in [0.3, 0.4) is 0 Å². The lowest BCUT2D eigenvalue weighted by Crippen LogP contribution is -2.45. The average molecular weight is 262 g/mol. The van der Waals surface area contributed by atoms with Gasteiger partial charge in [0.15, 0.2) is 5.82 Å². The lowest BCUT2D eigenvalue weighted by Gasteiger charge is -2.33. The molecule has 1 aromatic carbocycles. The Hall–Kier alpha value is -1.86. The molecule has 1 aromatic heterocycles. The maximum absolute atomic E-state index is 14.1. The normalized spacial score (nSPS) is 18.4. The number of piperazine rings is 1. The molecule has 6 nitrogen and oxygen atoms in total. The standard InChI is InChI=1S/C12H15FN6/c13-10-4-2-1-3-9(10)11(12-15-17-18-16-12)19-7-5-14-6-8-19/h1-4,11,14H,5-8H2,(H,15,16,17,18). The van der Waals surface area contributed by atoms with Crippen LogP contribution in [0.4, 0.5) is 4.39 Å². The third-order valence-electron chi connectivity index (χ3n) is 3.32. The van der Waals surface area contributed by atoms with Gasteiger partial charge in [0.05, 0.1) is 0 Å². The molecule has 1 fully saturated rings. The van der Waals surface area contributed by atoms with E-state index in [0.29, 0.717) is 11.4 Å². The van der Waals surface area contributed by atoms with E-state index in [-0.39, 0.29) is 11.9 Å². The molecular weight excluding hydrogens is 247 g/mol. The summed E-state index contributed by atoms with van der Waals surface area (Å²) in [6.45, 7) is 3.41. The molecule has 0 amide bonds. The average Bonchev–Trinajstić information content (AvgIpc) is 2.96. The molecule has 19 heavy (non-hydrogen) atoms. The minimum absolute atomic E-state index is 0.240. The molecule has 2 aromatic rings. The number of tetrazole rings is 1. The highest BCUT2D eigenvalue weighted by atomic mass is 19.1. The molecule has 100 valence electrons. The van der Waals surface area contributed by atoms with Gasteiger partial charge in [0.1, 0.15) is 11.9 Å². The minimum Gasteiger partial charge on any atom is -0.314 e. The summed E-state index contributed by atoms with van der Waals surface area (Å²) in [4.78, 5) is 2.17. The van der Waals surface area contributed by atoms with E-state index in [2.05, 4.69) is 30.8 Å². The minimum atomic E-state index is -0.290. The number of aromatic amines is 1. The van der Waals surface area contributed by atoms with Gasteiger partial charge >= 0.3 is 0 Å². The largest absolute Gasteiger partial charge is 0.314 e. The zero-order chi connectivity index (χ0) is 13.1. The topological polar surface area (TPSA) is 69.7 Å². The number of hydrogen-bond donors (Lipinski definition) is 2. The van der Waals surface area contributed by atoms with Crippen molar-refractivity contribution in [2.24, 2.45) is 0 Å². The van der Waals surface area contributed by atoms with Gasteiger partial charge in [-0.3, -0.25) is 4.90 Å². The molecule has 0 saturated carbocycles. The van der Waals surface area contributed by atoms with Crippen LogP contribution in [0, 0.1) is 5.82 Å². The fraction of sp³-hybridized carbons (Fsp3) is 0.417. The molecule has 0 aliphatic carbocycles. The van der Waals surface area contributed by atoms with E-state index in [1.165, 1.54) is 6.07 Å². The van der Waals surface area contributed by atoms with E-state index in [0.717, 1.165) is 26.2 Å². The first-order valence-electron chi connectivity index (χ1n) is 6.29. The van der Waals surface area contributed by atoms with Crippen molar-refractivity contribution >= 4 is 0 Å². The third kappa shape index (κ3) is 2.47. The van der Waals surface area contributed by atoms with Crippen LogP contribution in [-0.2, 0) is 0 Å². The highest BCUT2D eigenvalue weighted by Gasteiger charge is 2.29. The summed E-state index contributed by atoms with van der Waals surface area (Å²) < 4.78 is 14.1. The molecule has 1 aliphatic rings. The Morgan fingerprint density at radius 2 is 2.00 bits per heavy atom. The van der Waals surface area contributed by atoms with Crippen LogP contribution in [0.25, 0.3) is 0 Å². The van der Waals surface area contributed by atoms with Crippen LogP contribution in [0.15, 0.2) is 24.3 Å². The van der Waals surface area contributed by atoms with Crippen molar-refractivity contribution in [2.75, 3.05) is 26.2 Å². The summed E-state index contributed by atoms with van der Waals surface area (Å²) in [6.07, 6.45) is 0. The van der Waals surface area contributed by atoms with Gasteiger partial charge in [-0.25, -0.2) is 4.39 Å². The van der Waals surface area contributed by atoms with Crippen LogP contribution in [-0.4, -0.2) is 51.7 Å². The number of halogens is 1. The molecule has 0 radical (unpaired) electrons. The molecule has 7 heteroatoms. The quantitative estimate of drug-likeness (QED) is 0.834. The van der Waals surface area contributed by atoms with E-state index in [4.69, 9.17) is 0 Å². The monoisotopic (exact) mass is 262 g/mol. The second-order valence-electron chi connectivity index (χ2n) is 4.48. The molecule has 1 aliphatic heterocycles. The Kier molecular flexibility index (Phi) is 3.47. The van der Waals surface area contributed by atoms with Crippen molar-refractivity contribution < 1.29 is 4.39 Å². The summed E-state index contributed by atoms with van der Waals surface area (Å²) >= 11 is 0. The van der Waals surface area contributed by atoms with Gasteiger partial charge in [0.2, 0.25) is 0 Å². The molecule has 2 N–H and O–H groups in total. The maximum atomic E-state index is 14.1. The number of hydrogen-bond acceptors (Lipinski definition) is 5. The van der Waals surface area contributed by atoms with Crippen molar-refractivity contribution in [1.82, 2.24) is 30.8 Å². The summed E-state index contributed by atoms with van der Waals surface area (Å²) in [6, 6.07) is 6.46. The van der Waals surface area contributed by atoms with E-state index in [1.54, 1.807) is 12.1 Å². The highest BCUT2D eigenvalue weighted by molar-refractivity contribution is 5.26. The van der Waals surface area contributed by atoms with Crippen LogP contribution in [0.1, 0.15) is 17.4 Å². The maximum Gasteiger partial charge on any atom is 0.196 e. The van der Waals surface area contributed by atoms with Gasteiger partial charge in [-0.05, 0) is 6.07 Å². The van der Waals surface area contributed by atoms with Crippen LogP contribution in [0.2, 0.25) is 0 Å². The summed E-state index contributed by atoms with van der Waals surface area (Å²) in [7, 11) is 0. The molecule has 2 heterocycles. The molecule has 1 saturated heterocycles. The molecule has 3 rings (SSSR count). The zero-order valence-corrected chi connectivity index (χ0v) is 10.4. The van der Waals surface area contributed by atoms with Crippen molar-refractivity contribution in [3.8, 4) is 0 Å². The molecular formula is C12H15FN6. The number of aromatic nitrogens is 4. The lowest BCUT2D eigenvalue weighted by molar-refractivity contribution is 0.189. The predicted octanol–water partition coefficient (Wildman–Crippen LogP) is 0.333. The SMILES string of the molecule is Fc1ccccc1C(c1nn[nH]n1)N1CCNCC1. The Morgan fingerprint density at radius 1 is 1.21 bits per heavy atom. The molecule has 1 unspecified atom stereocenters. The van der Waals surface area contributed by atoms with Crippen LogP contribution < -0.4 is 5.32 Å². The van der Waals surface area contributed by atoms with Gasteiger partial charge in [0, 0.05) is 31.7 Å². The zero-order valence-electron chi connectivity index (χ0n) is 10.4. The smallest absolute Gasteiger partial charge is 0.196 e. The van der Waals surface area contributed by atoms with Gasteiger partial charge in [-0.1, -0.05) is 23.4 Å². The Labute approximate surface area is 110 Å². The van der Waals surface area contributed by atoms with Crippen molar-refractivity contribution in [2.45, 2.75) is 6.04 Å². The van der Waals surface area contributed by atoms with Crippen LogP contribution >= 0.6 is 0 Å². The van der Waals surface area contributed by atoms with Crippen molar-refractivity contribution in [1.29, 1.82) is 0 Å². The Bertz CT molecular complexity index is 523. The van der Waals surface area contributed by atoms with Gasteiger partial charge < -0.3 is 5.32 Å². The van der Waals surface area contributed by atoms with Gasteiger partial charge in [0.25, 0.3) is 0 Å². The summed E-state index contributed by atoms with van der Waals surface area (Å²) in [5.41, 5.74) is 0.589. The second-order valence-corrected chi connectivity index (χ2v) is 4.48. The van der Waals surface area contributed by atoms with Crippen LogP contribution in [0.5, 0.6) is 0 Å². The number of nitrogens with one attached hydrogen (secondary N) is 2. The number of benzene rings is 1. The van der Waals surface area contributed by atoms with Gasteiger partial charge in [-0.2, -0.15) is 5.21 Å². The number of nitrogens with zero attached hydrogens (tertiary/aromatic N) is 4. The molecule has 1 atom stereocenters. The van der Waals surface area contributed by atoms with Crippen molar-refractivity contribution in [3.05, 3.63) is 41.5 Å². The predicted molar refractivity (Wildman–Crippen MR) is 66.9 cm³/mol. The fourth-order valence-corrected chi connectivity index (χ4v) is 2.42. The van der Waals surface area contributed by atoms with Crippen molar-refractivity contribution in [3.63, 3.8) is 0 Å². The Balaban J connectivity index is 1.99. The second kappa shape index (κ2) is 5.41. The molecule has 0 spiro atoms. The number of H-pyrrole nitrogens is 1.